The Labute approximate surface area is 170 Å². The summed E-state index contributed by atoms with van der Waals surface area (Å²) in [5, 5.41) is 2.69. The second-order valence-electron chi connectivity index (χ2n) is 6.16. The predicted octanol–water partition coefficient (Wildman–Crippen LogP) is 4.88. The van der Waals surface area contributed by atoms with E-state index in [2.05, 4.69) is 10.3 Å². The number of halogens is 3. The normalized spacial score (nSPS) is 10.5. The molecule has 0 radical (unpaired) electrons. The quantitative estimate of drug-likeness (QED) is 0.646. The van der Waals surface area contributed by atoms with Crippen molar-refractivity contribution in [3.63, 3.8) is 0 Å². The molecule has 0 aliphatic rings. The highest BCUT2D eigenvalue weighted by Crippen LogP contribution is 2.36. The van der Waals surface area contributed by atoms with E-state index in [1.165, 1.54) is 61.8 Å². The third-order valence-corrected chi connectivity index (χ3v) is 4.39. The zero-order chi connectivity index (χ0) is 21.0. The number of carbonyl (C=O) groups is 2. The van der Waals surface area contributed by atoms with Crippen LogP contribution in [0.3, 0.4) is 0 Å². The van der Waals surface area contributed by atoms with Crippen molar-refractivity contribution in [2.45, 2.75) is 13.3 Å². The topological polar surface area (TPSA) is 62.3 Å². The molecule has 2 aromatic carbocycles. The second kappa shape index (κ2) is 8.79. The van der Waals surface area contributed by atoms with Gasteiger partial charge in [-0.3, -0.25) is 19.5 Å². The summed E-state index contributed by atoms with van der Waals surface area (Å²) in [6.45, 7) is 1.26. The van der Waals surface area contributed by atoms with Gasteiger partial charge in [0.05, 0.1) is 23.3 Å². The lowest BCUT2D eigenvalue weighted by molar-refractivity contribution is -0.116. The molecule has 0 aliphatic heterocycles. The molecule has 1 aromatic heterocycles. The monoisotopic (exact) mass is 415 g/mol. The SMILES string of the molecule is CC(=O)N(c1cnccc1CC(=O)Nc1ccc(F)cc1)c1c(F)cccc1Cl. The van der Waals surface area contributed by atoms with Crippen molar-refractivity contribution in [3.05, 3.63) is 83.1 Å². The summed E-state index contributed by atoms with van der Waals surface area (Å²) >= 11 is 6.13. The molecule has 2 amide bonds. The van der Waals surface area contributed by atoms with Crippen LogP contribution in [0, 0.1) is 11.6 Å². The fourth-order valence-corrected chi connectivity index (χ4v) is 3.07. The Morgan fingerprint density at radius 3 is 2.48 bits per heavy atom. The van der Waals surface area contributed by atoms with Crippen molar-refractivity contribution in [2.75, 3.05) is 10.2 Å². The van der Waals surface area contributed by atoms with Crippen LogP contribution < -0.4 is 10.2 Å². The van der Waals surface area contributed by atoms with Crippen molar-refractivity contribution in [3.8, 4) is 0 Å². The van der Waals surface area contributed by atoms with E-state index in [0.717, 1.165) is 4.90 Å². The molecule has 0 fully saturated rings. The number of hydrogen-bond donors (Lipinski definition) is 1. The minimum Gasteiger partial charge on any atom is -0.326 e. The lowest BCUT2D eigenvalue weighted by atomic mass is 10.1. The molecule has 0 atom stereocenters. The minimum absolute atomic E-state index is 0.0470. The highest BCUT2D eigenvalue weighted by Gasteiger charge is 2.24. The standard InChI is InChI=1S/C21H16ClF2N3O2/c1-13(28)27(21-17(22)3-2-4-18(21)24)19-12-25-10-9-14(19)11-20(29)26-16-7-5-15(23)6-8-16/h2-10,12H,11H2,1H3,(H,26,29). The maximum atomic E-state index is 14.5. The van der Waals surface area contributed by atoms with Crippen LogP contribution in [-0.4, -0.2) is 16.8 Å². The summed E-state index contributed by atoms with van der Waals surface area (Å²) in [6, 6.07) is 11.0. The molecule has 5 nitrogen and oxygen atoms in total. The molecule has 0 bridgehead atoms. The average Bonchev–Trinajstić information content (AvgIpc) is 2.67. The summed E-state index contributed by atoms with van der Waals surface area (Å²) in [4.78, 5) is 29.9. The molecule has 8 heteroatoms. The van der Waals surface area contributed by atoms with E-state index in [0.29, 0.717) is 11.3 Å². The Kier molecular flexibility index (Phi) is 6.19. The van der Waals surface area contributed by atoms with Crippen LogP contribution in [0.25, 0.3) is 0 Å². The number of nitrogens with one attached hydrogen (secondary N) is 1. The fourth-order valence-electron chi connectivity index (χ4n) is 2.83. The molecule has 0 aliphatic carbocycles. The first kappa shape index (κ1) is 20.4. The van der Waals surface area contributed by atoms with Gasteiger partial charge in [0.25, 0.3) is 0 Å². The number of nitrogens with zero attached hydrogens (tertiary/aromatic N) is 2. The van der Waals surface area contributed by atoms with Crippen LogP contribution in [-0.2, 0) is 16.0 Å². The molecule has 29 heavy (non-hydrogen) atoms. The van der Waals surface area contributed by atoms with E-state index in [1.807, 2.05) is 0 Å². The van der Waals surface area contributed by atoms with Crippen LogP contribution in [0.15, 0.2) is 60.9 Å². The fraction of sp³-hybridized carbons (Fsp3) is 0.0952. The van der Waals surface area contributed by atoms with Crippen molar-refractivity contribution in [1.29, 1.82) is 0 Å². The average molecular weight is 416 g/mol. The van der Waals surface area contributed by atoms with Crippen molar-refractivity contribution >= 4 is 40.5 Å². The molecule has 0 saturated carbocycles. The lowest BCUT2D eigenvalue weighted by Crippen LogP contribution is -2.26. The van der Waals surface area contributed by atoms with E-state index in [1.54, 1.807) is 6.07 Å². The summed E-state index contributed by atoms with van der Waals surface area (Å²) in [7, 11) is 0. The molecular formula is C21H16ClF2N3O2. The van der Waals surface area contributed by atoms with Crippen molar-refractivity contribution < 1.29 is 18.4 Å². The third kappa shape index (κ3) is 4.75. The van der Waals surface area contributed by atoms with Gasteiger partial charge in [0.15, 0.2) is 0 Å². The van der Waals surface area contributed by atoms with Crippen LogP contribution in [0.2, 0.25) is 5.02 Å². The smallest absolute Gasteiger partial charge is 0.228 e. The Morgan fingerprint density at radius 1 is 1.10 bits per heavy atom. The first-order chi connectivity index (χ1) is 13.9. The molecule has 1 heterocycles. The molecule has 148 valence electrons. The van der Waals surface area contributed by atoms with Gasteiger partial charge in [0.2, 0.25) is 11.8 Å². The van der Waals surface area contributed by atoms with Gasteiger partial charge >= 0.3 is 0 Å². The van der Waals surface area contributed by atoms with Crippen molar-refractivity contribution in [1.82, 2.24) is 4.98 Å². The largest absolute Gasteiger partial charge is 0.326 e. The van der Waals surface area contributed by atoms with E-state index in [-0.39, 0.29) is 22.8 Å². The van der Waals surface area contributed by atoms with Crippen LogP contribution in [0.5, 0.6) is 0 Å². The van der Waals surface area contributed by atoms with Gasteiger partial charge in [-0.15, -0.1) is 0 Å². The van der Waals surface area contributed by atoms with Gasteiger partial charge in [-0.05, 0) is 48.0 Å². The Hall–Kier alpha value is -3.32. The number of benzene rings is 2. The van der Waals surface area contributed by atoms with E-state index in [4.69, 9.17) is 11.6 Å². The number of hydrogen-bond acceptors (Lipinski definition) is 3. The van der Waals surface area contributed by atoms with Gasteiger partial charge in [-0.1, -0.05) is 17.7 Å². The number of anilines is 3. The maximum Gasteiger partial charge on any atom is 0.228 e. The lowest BCUT2D eigenvalue weighted by Gasteiger charge is -2.25. The van der Waals surface area contributed by atoms with Gasteiger partial charge in [-0.2, -0.15) is 0 Å². The number of aromatic nitrogens is 1. The van der Waals surface area contributed by atoms with Gasteiger partial charge in [-0.25, -0.2) is 8.78 Å². The van der Waals surface area contributed by atoms with Crippen LogP contribution in [0.1, 0.15) is 12.5 Å². The van der Waals surface area contributed by atoms with Gasteiger partial charge < -0.3 is 5.32 Å². The predicted molar refractivity (Wildman–Crippen MR) is 107 cm³/mol. The number of para-hydroxylation sites is 1. The molecular weight excluding hydrogens is 400 g/mol. The number of pyridine rings is 1. The molecule has 1 N–H and O–H groups in total. The molecule has 3 rings (SSSR count). The van der Waals surface area contributed by atoms with E-state index >= 15 is 0 Å². The van der Waals surface area contributed by atoms with Crippen molar-refractivity contribution in [2.24, 2.45) is 0 Å². The molecule has 0 spiro atoms. The molecule has 0 unspecified atom stereocenters. The first-order valence-electron chi connectivity index (χ1n) is 8.60. The second-order valence-corrected chi connectivity index (χ2v) is 6.57. The van der Waals surface area contributed by atoms with Crippen LogP contribution in [0.4, 0.5) is 25.8 Å². The first-order valence-corrected chi connectivity index (χ1v) is 8.97. The molecule has 3 aromatic rings. The summed E-state index contributed by atoms with van der Waals surface area (Å²) < 4.78 is 27.5. The highest BCUT2D eigenvalue weighted by molar-refractivity contribution is 6.34. The zero-order valence-electron chi connectivity index (χ0n) is 15.3. The van der Waals surface area contributed by atoms with Crippen LogP contribution >= 0.6 is 11.6 Å². The van der Waals surface area contributed by atoms with E-state index < -0.39 is 23.4 Å². The Morgan fingerprint density at radius 2 is 1.83 bits per heavy atom. The Bertz CT molecular complexity index is 1040. The molecule has 0 saturated heterocycles. The van der Waals surface area contributed by atoms with Gasteiger partial charge in [0.1, 0.15) is 17.3 Å². The maximum absolute atomic E-state index is 14.5. The zero-order valence-corrected chi connectivity index (χ0v) is 16.1. The summed E-state index contributed by atoms with van der Waals surface area (Å²) in [5.41, 5.74) is 0.984. The Balaban J connectivity index is 1.93. The minimum atomic E-state index is -0.682. The van der Waals surface area contributed by atoms with Gasteiger partial charge in [0, 0.05) is 18.8 Å². The number of rotatable bonds is 5. The highest BCUT2D eigenvalue weighted by atomic mass is 35.5. The number of carbonyl (C=O) groups excluding carboxylic acids is 2. The summed E-state index contributed by atoms with van der Waals surface area (Å²) in [6.07, 6.45) is 2.71. The van der Waals surface area contributed by atoms with E-state index in [9.17, 15) is 18.4 Å². The number of amides is 2. The third-order valence-electron chi connectivity index (χ3n) is 4.08. The summed E-state index contributed by atoms with van der Waals surface area (Å²) in [5.74, 6) is -1.99.